The molecule has 1 unspecified atom stereocenters. The number of aryl methyl sites for hydroxylation is 1. The molecule has 0 bridgehead atoms. The van der Waals surface area contributed by atoms with Crippen molar-refractivity contribution >= 4 is 15.9 Å². The summed E-state index contributed by atoms with van der Waals surface area (Å²) in [4.78, 5) is 18.5. The Hall–Kier alpha value is -1.49. The number of nitrogens with one attached hydrogen (secondary N) is 2. The largest absolute Gasteiger partial charge is 0.381 e. The third-order valence-corrected chi connectivity index (χ3v) is 5.15. The van der Waals surface area contributed by atoms with Crippen LogP contribution in [0.2, 0.25) is 0 Å². The maximum Gasteiger partial charge on any atom is 0.238 e. The SMILES string of the molecule is CCOCCS(=O)(=O)NCC(=O)N1CCNCC1c1nccn1C. The highest BCUT2D eigenvalue weighted by Gasteiger charge is 2.30. The van der Waals surface area contributed by atoms with Gasteiger partial charge in [-0.05, 0) is 6.92 Å². The molecule has 1 saturated heterocycles. The normalized spacial score (nSPS) is 18.8. The monoisotopic (exact) mass is 359 g/mol. The molecule has 0 spiro atoms. The molecule has 2 rings (SSSR count). The summed E-state index contributed by atoms with van der Waals surface area (Å²) >= 11 is 0. The first-order valence-electron chi connectivity index (χ1n) is 7.97. The van der Waals surface area contributed by atoms with Gasteiger partial charge in [-0.3, -0.25) is 4.79 Å². The van der Waals surface area contributed by atoms with Crippen LogP contribution in [0.5, 0.6) is 0 Å². The van der Waals surface area contributed by atoms with Gasteiger partial charge >= 0.3 is 0 Å². The van der Waals surface area contributed by atoms with Crippen LogP contribution >= 0.6 is 0 Å². The number of amides is 1. The molecule has 24 heavy (non-hydrogen) atoms. The van der Waals surface area contributed by atoms with Gasteiger partial charge in [0.05, 0.1) is 18.9 Å². The van der Waals surface area contributed by atoms with Crippen LogP contribution in [0.4, 0.5) is 0 Å². The predicted molar refractivity (Wildman–Crippen MR) is 88.8 cm³/mol. The molecule has 9 nitrogen and oxygen atoms in total. The van der Waals surface area contributed by atoms with E-state index in [0.717, 1.165) is 5.82 Å². The number of hydrogen-bond acceptors (Lipinski definition) is 6. The third-order valence-electron chi connectivity index (χ3n) is 3.86. The fourth-order valence-electron chi connectivity index (χ4n) is 2.59. The first kappa shape index (κ1) is 18.8. The summed E-state index contributed by atoms with van der Waals surface area (Å²) in [6.45, 7) is 3.89. The molecule has 1 aliphatic heterocycles. The Morgan fingerprint density at radius 2 is 2.33 bits per heavy atom. The van der Waals surface area contributed by atoms with E-state index in [1.165, 1.54) is 0 Å². The molecule has 1 amide bonds. The van der Waals surface area contributed by atoms with Crippen molar-refractivity contribution < 1.29 is 17.9 Å². The fourth-order valence-corrected chi connectivity index (χ4v) is 3.42. The summed E-state index contributed by atoms with van der Waals surface area (Å²) in [6, 6.07) is -0.209. The number of imidazole rings is 1. The number of ether oxygens (including phenoxy) is 1. The topological polar surface area (TPSA) is 106 Å². The highest BCUT2D eigenvalue weighted by atomic mass is 32.2. The zero-order valence-electron chi connectivity index (χ0n) is 14.1. The molecule has 0 aromatic carbocycles. The van der Waals surface area contributed by atoms with Gasteiger partial charge in [0.25, 0.3) is 0 Å². The van der Waals surface area contributed by atoms with Gasteiger partial charge in [-0.2, -0.15) is 0 Å². The highest BCUT2D eigenvalue weighted by Crippen LogP contribution is 2.20. The molecule has 2 N–H and O–H groups in total. The summed E-state index contributed by atoms with van der Waals surface area (Å²) in [5, 5.41) is 3.24. The zero-order chi connectivity index (χ0) is 17.6. The van der Waals surface area contributed by atoms with Crippen molar-refractivity contribution in [2.24, 2.45) is 7.05 Å². The van der Waals surface area contributed by atoms with Crippen molar-refractivity contribution in [3.05, 3.63) is 18.2 Å². The Kier molecular flexibility index (Phi) is 6.72. The lowest BCUT2D eigenvalue weighted by molar-refractivity contribution is -0.133. The van der Waals surface area contributed by atoms with E-state index >= 15 is 0 Å². The Labute approximate surface area is 142 Å². The van der Waals surface area contributed by atoms with Crippen molar-refractivity contribution in [3.63, 3.8) is 0 Å². The second kappa shape index (κ2) is 8.56. The van der Waals surface area contributed by atoms with Crippen LogP contribution in [-0.2, 0) is 26.6 Å². The lowest BCUT2D eigenvalue weighted by atomic mass is 10.1. The van der Waals surface area contributed by atoms with Crippen LogP contribution in [0.25, 0.3) is 0 Å². The number of piperazine rings is 1. The van der Waals surface area contributed by atoms with Crippen LogP contribution in [0, 0.1) is 0 Å². The maximum atomic E-state index is 12.5. The van der Waals surface area contributed by atoms with E-state index < -0.39 is 10.0 Å². The van der Waals surface area contributed by atoms with E-state index in [1.807, 2.05) is 17.8 Å². The molecule has 1 aliphatic rings. The quantitative estimate of drug-likeness (QED) is 0.568. The number of sulfonamides is 1. The standard InChI is InChI=1S/C14H25N5O4S/c1-3-23-8-9-24(21,22)17-11-13(20)19-7-4-15-10-12(19)14-16-5-6-18(14)2/h5-6,12,15,17H,3-4,7-11H2,1-2H3. The van der Waals surface area contributed by atoms with Crippen molar-refractivity contribution in [2.75, 3.05) is 45.1 Å². The summed E-state index contributed by atoms with van der Waals surface area (Å²) in [5.41, 5.74) is 0. The molecule has 1 aromatic rings. The van der Waals surface area contributed by atoms with Crippen molar-refractivity contribution in [3.8, 4) is 0 Å². The number of hydrogen-bond donors (Lipinski definition) is 2. The van der Waals surface area contributed by atoms with E-state index in [2.05, 4.69) is 15.0 Å². The Morgan fingerprint density at radius 3 is 3.00 bits per heavy atom. The molecule has 1 fully saturated rings. The van der Waals surface area contributed by atoms with E-state index in [1.54, 1.807) is 18.0 Å². The molecule has 0 radical (unpaired) electrons. The zero-order valence-corrected chi connectivity index (χ0v) is 14.9. The minimum absolute atomic E-state index is 0.115. The van der Waals surface area contributed by atoms with Gasteiger partial charge in [0, 0.05) is 45.7 Å². The summed E-state index contributed by atoms with van der Waals surface area (Å²) in [7, 11) is -1.65. The molecule has 0 aliphatic carbocycles. The second-order valence-corrected chi connectivity index (χ2v) is 7.47. The number of nitrogens with zero attached hydrogens (tertiary/aromatic N) is 3. The number of rotatable bonds is 8. The van der Waals surface area contributed by atoms with Crippen molar-refractivity contribution in [2.45, 2.75) is 13.0 Å². The lowest BCUT2D eigenvalue weighted by Gasteiger charge is -2.35. The summed E-state index contributed by atoms with van der Waals surface area (Å²) in [6.07, 6.45) is 3.51. The first-order chi connectivity index (χ1) is 11.4. The molecule has 1 aromatic heterocycles. The van der Waals surface area contributed by atoms with Crippen LogP contribution in [-0.4, -0.2) is 73.9 Å². The summed E-state index contributed by atoms with van der Waals surface area (Å²) < 4.78 is 33.0. The highest BCUT2D eigenvalue weighted by molar-refractivity contribution is 7.89. The smallest absolute Gasteiger partial charge is 0.238 e. The van der Waals surface area contributed by atoms with E-state index in [4.69, 9.17) is 4.74 Å². The van der Waals surface area contributed by atoms with Crippen LogP contribution in [0.15, 0.2) is 12.4 Å². The lowest BCUT2D eigenvalue weighted by Crippen LogP contribution is -2.52. The number of carbonyl (C=O) groups excluding carboxylic acids is 1. The second-order valence-electron chi connectivity index (χ2n) is 5.54. The molecular weight excluding hydrogens is 334 g/mol. The minimum Gasteiger partial charge on any atom is -0.381 e. The van der Waals surface area contributed by atoms with Crippen LogP contribution in [0.3, 0.4) is 0 Å². The first-order valence-corrected chi connectivity index (χ1v) is 9.62. The minimum atomic E-state index is -3.53. The van der Waals surface area contributed by atoms with E-state index in [9.17, 15) is 13.2 Å². The van der Waals surface area contributed by atoms with Gasteiger partial charge in [-0.1, -0.05) is 0 Å². The predicted octanol–water partition coefficient (Wildman–Crippen LogP) is -1.15. The molecule has 136 valence electrons. The Morgan fingerprint density at radius 1 is 1.54 bits per heavy atom. The van der Waals surface area contributed by atoms with Gasteiger partial charge in [0.2, 0.25) is 15.9 Å². The Bertz CT molecular complexity index is 645. The number of carbonyl (C=O) groups is 1. The van der Waals surface area contributed by atoms with Gasteiger partial charge in [0.15, 0.2) is 0 Å². The molecule has 0 saturated carbocycles. The van der Waals surface area contributed by atoms with Crippen LogP contribution < -0.4 is 10.0 Å². The van der Waals surface area contributed by atoms with E-state index in [0.29, 0.717) is 26.2 Å². The van der Waals surface area contributed by atoms with Crippen molar-refractivity contribution in [1.29, 1.82) is 0 Å². The molecule has 2 heterocycles. The summed E-state index contributed by atoms with van der Waals surface area (Å²) in [5.74, 6) is 0.359. The van der Waals surface area contributed by atoms with Gasteiger partial charge in [0.1, 0.15) is 11.9 Å². The average molecular weight is 359 g/mol. The number of aromatic nitrogens is 2. The third kappa shape index (κ3) is 5.00. The van der Waals surface area contributed by atoms with E-state index in [-0.39, 0.29) is 30.9 Å². The Balaban J connectivity index is 1.96. The van der Waals surface area contributed by atoms with Gasteiger partial charge in [-0.25, -0.2) is 18.1 Å². The average Bonchev–Trinajstić information content (AvgIpc) is 2.99. The van der Waals surface area contributed by atoms with Gasteiger partial charge in [-0.15, -0.1) is 0 Å². The molecular formula is C14H25N5O4S. The fraction of sp³-hybridized carbons (Fsp3) is 0.714. The van der Waals surface area contributed by atoms with Gasteiger partial charge < -0.3 is 19.5 Å². The van der Waals surface area contributed by atoms with Crippen LogP contribution in [0.1, 0.15) is 18.8 Å². The van der Waals surface area contributed by atoms with Crippen molar-refractivity contribution in [1.82, 2.24) is 24.5 Å². The molecule has 1 atom stereocenters. The molecule has 10 heteroatoms. The maximum absolute atomic E-state index is 12.5.